The summed E-state index contributed by atoms with van der Waals surface area (Å²) >= 11 is 6.74. The molecule has 0 saturated carbocycles. The number of carbonyl (C=O) groups is 2. The van der Waals surface area contributed by atoms with E-state index in [1.54, 1.807) is 60.6 Å². The molecule has 0 aromatic heterocycles. The van der Waals surface area contributed by atoms with Gasteiger partial charge in [-0.25, -0.2) is 0 Å². The van der Waals surface area contributed by atoms with Gasteiger partial charge in [0.2, 0.25) is 6.79 Å². The second-order valence-electron chi connectivity index (χ2n) is 8.66. The van der Waals surface area contributed by atoms with Gasteiger partial charge in [0.15, 0.2) is 29.6 Å². The van der Waals surface area contributed by atoms with Gasteiger partial charge in [0.05, 0.1) is 25.2 Å². The standard InChI is InChI=1S/C29H26N2O7S2/c1-3-35-24-11-18(7-9-22(24)36-16-27(32)30-20-5-4-6-21(14-20)34-2)13-26-28(33)31(29(39)40-26)15-19-8-10-23-25(12-19)38-17-37-23/h4-14H,3,15-17H2,1-2H3,(H,30,32)/b26-13-. The number of thioether (sulfide) groups is 1. The van der Waals surface area contributed by atoms with Crippen LogP contribution in [0.2, 0.25) is 0 Å². The number of rotatable bonds is 10. The highest BCUT2D eigenvalue weighted by Gasteiger charge is 2.32. The van der Waals surface area contributed by atoms with Gasteiger partial charge in [-0.05, 0) is 60.5 Å². The van der Waals surface area contributed by atoms with Crippen LogP contribution in [0, 0.1) is 0 Å². The first-order valence-electron chi connectivity index (χ1n) is 12.4. The van der Waals surface area contributed by atoms with Gasteiger partial charge in [-0.3, -0.25) is 14.5 Å². The molecule has 2 heterocycles. The Morgan fingerprint density at radius 3 is 2.75 bits per heavy atom. The maximum Gasteiger partial charge on any atom is 0.266 e. The molecule has 0 aliphatic carbocycles. The van der Waals surface area contributed by atoms with E-state index in [4.69, 9.17) is 35.9 Å². The zero-order valence-electron chi connectivity index (χ0n) is 21.8. The molecule has 206 valence electrons. The molecule has 5 rings (SSSR count). The van der Waals surface area contributed by atoms with E-state index in [-0.39, 0.29) is 25.2 Å². The Morgan fingerprint density at radius 1 is 1.07 bits per heavy atom. The summed E-state index contributed by atoms with van der Waals surface area (Å²) in [5.74, 6) is 2.34. The van der Waals surface area contributed by atoms with E-state index in [9.17, 15) is 9.59 Å². The number of benzene rings is 3. The Kier molecular flexibility index (Phi) is 8.42. The van der Waals surface area contributed by atoms with E-state index < -0.39 is 0 Å². The van der Waals surface area contributed by atoms with E-state index in [1.165, 1.54) is 11.8 Å². The summed E-state index contributed by atoms with van der Waals surface area (Å²) in [7, 11) is 1.56. The number of hydrogen-bond acceptors (Lipinski definition) is 9. The van der Waals surface area contributed by atoms with Crippen molar-refractivity contribution in [1.29, 1.82) is 0 Å². The minimum atomic E-state index is -0.328. The van der Waals surface area contributed by atoms with E-state index in [2.05, 4.69) is 5.32 Å². The first-order chi connectivity index (χ1) is 19.4. The Hall–Kier alpha value is -4.22. The largest absolute Gasteiger partial charge is 0.497 e. The maximum atomic E-state index is 13.2. The van der Waals surface area contributed by atoms with Crippen molar-refractivity contribution < 1.29 is 33.3 Å². The first-order valence-corrected chi connectivity index (χ1v) is 13.6. The van der Waals surface area contributed by atoms with Crippen LogP contribution in [-0.4, -0.2) is 48.2 Å². The van der Waals surface area contributed by atoms with Crippen molar-refractivity contribution in [2.24, 2.45) is 0 Å². The molecule has 0 unspecified atom stereocenters. The Morgan fingerprint density at radius 2 is 1.93 bits per heavy atom. The summed E-state index contributed by atoms with van der Waals surface area (Å²) in [6.07, 6.45) is 1.76. The van der Waals surface area contributed by atoms with Gasteiger partial charge in [0, 0.05) is 11.8 Å². The number of ether oxygens (including phenoxy) is 5. The lowest BCUT2D eigenvalue weighted by atomic mass is 10.1. The second-order valence-corrected chi connectivity index (χ2v) is 10.3. The van der Waals surface area contributed by atoms with Gasteiger partial charge >= 0.3 is 0 Å². The zero-order chi connectivity index (χ0) is 28.1. The molecule has 2 aliphatic heterocycles. The van der Waals surface area contributed by atoms with Crippen LogP contribution in [0.5, 0.6) is 28.7 Å². The molecule has 2 amide bonds. The van der Waals surface area contributed by atoms with Crippen molar-refractivity contribution in [2.75, 3.05) is 32.4 Å². The third kappa shape index (κ3) is 6.32. The lowest BCUT2D eigenvalue weighted by Gasteiger charge is -2.15. The van der Waals surface area contributed by atoms with Gasteiger partial charge < -0.3 is 29.0 Å². The van der Waals surface area contributed by atoms with Crippen LogP contribution in [0.25, 0.3) is 6.08 Å². The average Bonchev–Trinajstić information content (AvgIpc) is 3.52. The summed E-state index contributed by atoms with van der Waals surface area (Å²) in [4.78, 5) is 27.7. The molecular formula is C29H26N2O7S2. The van der Waals surface area contributed by atoms with Gasteiger partial charge in [0.1, 0.15) is 10.1 Å². The van der Waals surface area contributed by atoms with Crippen LogP contribution in [0.3, 0.4) is 0 Å². The summed E-state index contributed by atoms with van der Waals surface area (Å²) in [5, 5.41) is 2.78. The molecule has 0 radical (unpaired) electrons. The highest BCUT2D eigenvalue weighted by Crippen LogP contribution is 2.37. The maximum absolute atomic E-state index is 13.2. The minimum Gasteiger partial charge on any atom is -0.497 e. The molecule has 0 spiro atoms. The fraction of sp³-hybridized carbons (Fsp3) is 0.207. The fourth-order valence-corrected chi connectivity index (χ4v) is 5.31. The molecular weight excluding hydrogens is 552 g/mol. The number of thiocarbonyl (C=S) groups is 1. The highest BCUT2D eigenvalue weighted by molar-refractivity contribution is 8.26. The van der Waals surface area contributed by atoms with E-state index in [1.807, 2.05) is 25.1 Å². The Balaban J connectivity index is 1.25. The molecule has 0 bridgehead atoms. The van der Waals surface area contributed by atoms with E-state index >= 15 is 0 Å². The van der Waals surface area contributed by atoms with Crippen LogP contribution in [0.1, 0.15) is 18.1 Å². The highest BCUT2D eigenvalue weighted by atomic mass is 32.2. The molecule has 1 fully saturated rings. The predicted octanol–water partition coefficient (Wildman–Crippen LogP) is 5.24. The van der Waals surface area contributed by atoms with Crippen LogP contribution in [-0.2, 0) is 16.1 Å². The monoisotopic (exact) mass is 578 g/mol. The topological polar surface area (TPSA) is 95.6 Å². The van der Waals surface area contributed by atoms with Crippen molar-refractivity contribution in [3.63, 3.8) is 0 Å². The normalized spacial score (nSPS) is 14.9. The van der Waals surface area contributed by atoms with Gasteiger partial charge in [-0.1, -0.05) is 42.2 Å². The van der Waals surface area contributed by atoms with Crippen LogP contribution in [0.15, 0.2) is 65.6 Å². The number of nitrogens with one attached hydrogen (secondary N) is 1. The third-order valence-electron chi connectivity index (χ3n) is 5.93. The second kappa shape index (κ2) is 12.3. The summed E-state index contributed by atoms with van der Waals surface area (Å²) in [5.41, 5.74) is 2.22. The smallest absolute Gasteiger partial charge is 0.266 e. The minimum absolute atomic E-state index is 0.180. The number of methoxy groups -OCH3 is 1. The van der Waals surface area contributed by atoms with Crippen molar-refractivity contribution in [1.82, 2.24) is 4.90 Å². The number of fused-ring (bicyclic) bond motifs is 1. The molecule has 3 aromatic carbocycles. The average molecular weight is 579 g/mol. The molecule has 1 N–H and O–H groups in total. The van der Waals surface area contributed by atoms with Crippen LogP contribution in [0.4, 0.5) is 5.69 Å². The first kappa shape index (κ1) is 27.4. The summed E-state index contributed by atoms with van der Waals surface area (Å²) in [6.45, 7) is 2.55. The zero-order valence-corrected chi connectivity index (χ0v) is 23.4. The summed E-state index contributed by atoms with van der Waals surface area (Å²) < 4.78 is 28.0. The SMILES string of the molecule is CCOc1cc(/C=C2\SC(=S)N(Cc3ccc4c(c3)OCO4)C2=O)ccc1OCC(=O)Nc1cccc(OC)c1. The Bertz CT molecular complexity index is 1490. The molecule has 9 nitrogen and oxygen atoms in total. The molecule has 11 heteroatoms. The van der Waals surface area contributed by atoms with Gasteiger partial charge in [0.25, 0.3) is 11.8 Å². The molecule has 1 saturated heterocycles. The van der Waals surface area contributed by atoms with Crippen LogP contribution >= 0.6 is 24.0 Å². The predicted molar refractivity (Wildman–Crippen MR) is 156 cm³/mol. The van der Waals surface area contributed by atoms with E-state index in [0.29, 0.717) is 56.8 Å². The molecule has 3 aromatic rings. The summed E-state index contributed by atoms with van der Waals surface area (Å²) in [6, 6.07) is 17.9. The number of hydrogen-bond donors (Lipinski definition) is 1. The molecule has 2 aliphatic rings. The third-order valence-corrected chi connectivity index (χ3v) is 7.31. The van der Waals surface area contributed by atoms with Crippen LogP contribution < -0.4 is 29.0 Å². The lowest BCUT2D eigenvalue weighted by Crippen LogP contribution is -2.27. The van der Waals surface area contributed by atoms with Crippen molar-refractivity contribution in [3.05, 3.63) is 76.7 Å². The fourth-order valence-electron chi connectivity index (χ4n) is 4.05. The number of amides is 2. The van der Waals surface area contributed by atoms with E-state index in [0.717, 1.165) is 11.1 Å². The Labute approximate surface area is 241 Å². The van der Waals surface area contributed by atoms with Crippen molar-refractivity contribution in [3.8, 4) is 28.7 Å². The number of anilines is 1. The van der Waals surface area contributed by atoms with Crippen molar-refractivity contribution >= 4 is 51.9 Å². The molecule has 0 atom stereocenters. The van der Waals surface area contributed by atoms with Crippen molar-refractivity contribution in [2.45, 2.75) is 13.5 Å². The lowest BCUT2D eigenvalue weighted by molar-refractivity contribution is -0.122. The number of nitrogens with zero attached hydrogens (tertiary/aromatic N) is 1. The quantitative estimate of drug-likeness (QED) is 0.256. The van der Waals surface area contributed by atoms with Gasteiger partial charge in [-0.2, -0.15) is 0 Å². The molecule has 40 heavy (non-hydrogen) atoms. The van der Waals surface area contributed by atoms with Gasteiger partial charge in [-0.15, -0.1) is 0 Å². The number of carbonyl (C=O) groups excluding carboxylic acids is 2.